The average molecular weight is 103 g/mol. The molecule has 1 fully saturated rings. The number of hydrogen-bond donors (Lipinski definition) is 0. The van der Waals surface area contributed by atoms with E-state index in [0.29, 0.717) is 13.0 Å². The lowest BCUT2D eigenvalue weighted by Crippen LogP contribution is -2.14. The van der Waals surface area contributed by atoms with Crippen LogP contribution in [0.1, 0.15) is 12.8 Å². The molecule has 0 aromatic heterocycles. The summed E-state index contributed by atoms with van der Waals surface area (Å²) >= 11 is 0. The van der Waals surface area contributed by atoms with Crippen LogP contribution in [0.25, 0.3) is 0 Å². The van der Waals surface area contributed by atoms with Crippen molar-refractivity contribution in [2.45, 2.75) is 18.7 Å². The van der Waals surface area contributed by atoms with E-state index in [1.165, 1.54) is 0 Å². The van der Waals surface area contributed by atoms with Crippen LogP contribution in [0.3, 0.4) is 0 Å². The summed E-state index contributed by atoms with van der Waals surface area (Å²) in [6.07, 6.45) is 1.26. The summed E-state index contributed by atoms with van der Waals surface area (Å²) in [7, 11) is 0. The Kier molecular flexibility index (Phi) is 1.04. The van der Waals surface area contributed by atoms with Crippen molar-refractivity contribution >= 4 is 0 Å². The third-order valence-electron chi connectivity index (χ3n) is 1.06. The second-order valence-electron chi connectivity index (χ2n) is 1.84. The summed E-state index contributed by atoms with van der Waals surface area (Å²) in [5.41, 5.74) is 0. The molecule has 41 valence electrons. The van der Waals surface area contributed by atoms with Gasteiger partial charge in [0.1, 0.15) is 0 Å². The Morgan fingerprint density at radius 2 is 2.43 bits per heavy atom. The SMILES string of the molecule is [CH2]C1(F)CCCO1. The van der Waals surface area contributed by atoms with Gasteiger partial charge < -0.3 is 4.74 Å². The summed E-state index contributed by atoms with van der Waals surface area (Å²) < 4.78 is 16.8. The van der Waals surface area contributed by atoms with E-state index in [0.717, 1.165) is 6.42 Å². The van der Waals surface area contributed by atoms with E-state index in [-0.39, 0.29) is 0 Å². The van der Waals surface area contributed by atoms with Crippen molar-refractivity contribution < 1.29 is 9.13 Å². The first-order chi connectivity index (χ1) is 3.21. The Morgan fingerprint density at radius 1 is 1.71 bits per heavy atom. The topological polar surface area (TPSA) is 9.23 Å². The fourth-order valence-corrected chi connectivity index (χ4v) is 0.663. The third kappa shape index (κ3) is 1.13. The van der Waals surface area contributed by atoms with Gasteiger partial charge in [-0.1, -0.05) is 0 Å². The molecule has 1 aliphatic heterocycles. The summed E-state index contributed by atoms with van der Waals surface area (Å²) in [5, 5.41) is 0. The smallest absolute Gasteiger partial charge is 0.209 e. The lowest BCUT2D eigenvalue weighted by Gasteiger charge is -2.08. The molecule has 0 aromatic rings. The molecule has 2 heteroatoms. The Bertz CT molecular complexity index is 62.5. The monoisotopic (exact) mass is 103 g/mol. The quantitative estimate of drug-likeness (QED) is 0.449. The minimum absolute atomic E-state index is 0.451. The van der Waals surface area contributed by atoms with Crippen LogP contribution in [0.15, 0.2) is 0 Å². The summed E-state index contributed by atoms with van der Waals surface area (Å²) in [6.45, 7) is 3.71. The van der Waals surface area contributed by atoms with E-state index in [1.807, 2.05) is 0 Å². The average Bonchev–Trinajstić information content (AvgIpc) is 1.84. The van der Waals surface area contributed by atoms with E-state index in [4.69, 9.17) is 0 Å². The van der Waals surface area contributed by atoms with Crippen LogP contribution in [0.4, 0.5) is 4.39 Å². The van der Waals surface area contributed by atoms with Crippen LogP contribution in [0.5, 0.6) is 0 Å². The van der Waals surface area contributed by atoms with Crippen LogP contribution in [0, 0.1) is 6.92 Å². The van der Waals surface area contributed by atoms with Crippen molar-refractivity contribution in [1.82, 2.24) is 0 Å². The molecule has 1 heterocycles. The van der Waals surface area contributed by atoms with Gasteiger partial charge in [0, 0.05) is 13.3 Å². The van der Waals surface area contributed by atoms with Gasteiger partial charge in [-0.2, -0.15) is 0 Å². The molecule has 0 aromatic carbocycles. The molecule has 1 saturated heterocycles. The number of hydrogen-bond acceptors (Lipinski definition) is 1. The standard InChI is InChI=1S/C5H8FO/c1-5(6)3-2-4-7-5/h1-4H2. The van der Waals surface area contributed by atoms with Gasteiger partial charge in [0.25, 0.3) is 0 Å². The van der Waals surface area contributed by atoms with Crippen molar-refractivity contribution in [3.63, 3.8) is 0 Å². The summed E-state index contributed by atoms with van der Waals surface area (Å²) in [4.78, 5) is 0. The predicted molar refractivity (Wildman–Crippen MR) is 24.4 cm³/mol. The zero-order valence-electron chi connectivity index (χ0n) is 4.11. The number of alkyl halides is 1. The lowest BCUT2D eigenvalue weighted by molar-refractivity contribution is -0.0658. The maximum Gasteiger partial charge on any atom is 0.209 e. The van der Waals surface area contributed by atoms with Gasteiger partial charge in [-0.3, -0.25) is 0 Å². The zero-order valence-corrected chi connectivity index (χ0v) is 4.11. The highest BCUT2D eigenvalue weighted by Crippen LogP contribution is 2.24. The molecular weight excluding hydrogens is 95.1 g/mol. The van der Waals surface area contributed by atoms with Crippen molar-refractivity contribution in [2.75, 3.05) is 6.61 Å². The van der Waals surface area contributed by atoms with Gasteiger partial charge in [0.05, 0.1) is 6.61 Å². The highest BCUT2D eigenvalue weighted by atomic mass is 19.2. The van der Waals surface area contributed by atoms with Gasteiger partial charge in [0.2, 0.25) is 5.85 Å². The normalized spacial score (nSPS) is 42.0. The van der Waals surface area contributed by atoms with Gasteiger partial charge in [-0.25, -0.2) is 4.39 Å². The van der Waals surface area contributed by atoms with E-state index in [1.54, 1.807) is 0 Å². The minimum Gasteiger partial charge on any atom is -0.346 e. The molecule has 1 nitrogen and oxygen atoms in total. The molecule has 0 N–H and O–H groups in total. The van der Waals surface area contributed by atoms with Crippen molar-refractivity contribution in [2.24, 2.45) is 0 Å². The van der Waals surface area contributed by atoms with Gasteiger partial charge in [-0.05, 0) is 6.42 Å². The first-order valence-corrected chi connectivity index (χ1v) is 2.39. The Morgan fingerprint density at radius 3 is 2.57 bits per heavy atom. The summed E-state index contributed by atoms with van der Waals surface area (Å²) in [6, 6.07) is 0. The maximum absolute atomic E-state index is 12.3. The van der Waals surface area contributed by atoms with E-state index < -0.39 is 5.85 Å². The van der Waals surface area contributed by atoms with Crippen LogP contribution in [0.2, 0.25) is 0 Å². The fourth-order valence-electron chi connectivity index (χ4n) is 0.663. The Labute approximate surface area is 42.5 Å². The van der Waals surface area contributed by atoms with Crippen LogP contribution >= 0.6 is 0 Å². The number of ether oxygens (including phenoxy) is 1. The minimum atomic E-state index is -1.56. The van der Waals surface area contributed by atoms with Crippen LogP contribution in [-0.4, -0.2) is 12.5 Å². The first kappa shape index (κ1) is 5.04. The van der Waals surface area contributed by atoms with Crippen LogP contribution < -0.4 is 0 Å². The van der Waals surface area contributed by atoms with E-state index >= 15 is 0 Å². The predicted octanol–water partition coefficient (Wildman–Crippen LogP) is 1.30. The van der Waals surface area contributed by atoms with E-state index in [2.05, 4.69) is 11.7 Å². The zero-order chi connectivity index (χ0) is 5.33. The number of rotatable bonds is 0. The fraction of sp³-hybridized carbons (Fsp3) is 0.800. The summed E-state index contributed by atoms with van der Waals surface area (Å²) in [5.74, 6) is -1.56. The molecule has 1 atom stereocenters. The van der Waals surface area contributed by atoms with Crippen LogP contribution in [-0.2, 0) is 4.74 Å². The molecule has 1 unspecified atom stereocenters. The lowest BCUT2D eigenvalue weighted by atomic mass is 10.2. The molecule has 0 saturated carbocycles. The Balaban J connectivity index is 2.40. The molecule has 0 spiro atoms. The second-order valence-corrected chi connectivity index (χ2v) is 1.84. The molecule has 1 rings (SSSR count). The molecule has 7 heavy (non-hydrogen) atoms. The molecule has 1 aliphatic rings. The van der Waals surface area contributed by atoms with Crippen molar-refractivity contribution in [3.05, 3.63) is 6.92 Å². The van der Waals surface area contributed by atoms with Crippen molar-refractivity contribution in [1.29, 1.82) is 0 Å². The molecule has 0 amide bonds. The Hall–Kier alpha value is -0.110. The highest BCUT2D eigenvalue weighted by Gasteiger charge is 2.28. The largest absolute Gasteiger partial charge is 0.346 e. The maximum atomic E-state index is 12.3. The van der Waals surface area contributed by atoms with Gasteiger partial charge in [-0.15, -0.1) is 0 Å². The number of halogens is 1. The molecule has 0 aliphatic carbocycles. The van der Waals surface area contributed by atoms with E-state index in [9.17, 15) is 4.39 Å². The molecular formula is C5H8FO. The molecule has 1 radical (unpaired) electrons. The van der Waals surface area contributed by atoms with Gasteiger partial charge in [0.15, 0.2) is 0 Å². The van der Waals surface area contributed by atoms with Crippen molar-refractivity contribution in [3.8, 4) is 0 Å². The third-order valence-corrected chi connectivity index (χ3v) is 1.06. The first-order valence-electron chi connectivity index (χ1n) is 2.39. The van der Waals surface area contributed by atoms with Gasteiger partial charge >= 0.3 is 0 Å². The second kappa shape index (κ2) is 1.44. The molecule has 0 bridgehead atoms. The highest BCUT2D eigenvalue weighted by molar-refractivity contribution is 4.74.